The van der Waals surface area contributed by atoms with Crippen LogP contribution in [0.5, 0.6) is 0 Å². The third-order valence-corrected chi connectivity index (χ3v) is 4.32. The van der Waals surface area contributed by atoms with E-state index >= 15 is 0 Å². The van der Waals surface area contributed by atoms with Gasteiger partial charge in [-0.15, -0.1) is 0 Å². The fourth-order valence-corrected chi connectivity index (χ4v) is 2.35. The Labute approximate surface area is 158 Å². The van der Waals surface area contributed by atoms with E-state index in [1.165, 1.54) is 0 Å². The van der Waals surface area contributed by atoms with Gasteiger partial charge in [0.1, 0.15) is 6.54 Å². The summed E-state index contributed by atoms with van der Waals surface area (Å²) in [4.78, 5) is 35.7. The lowest BCUT2D eigenvalue weighted by Crippen LogP contribution is -2.32. The number of benzene rings is 2. The van der Waals surface area contributed by atoms with Crippen LogP contribution in [0.15, 0.2) is 36.4 Å². The van der Waals surface area contributed by atoms with Crippen LogP contribution in [0.4, 0.5) is 5.69 Å². The Morgan fingerprint density at radius 3 is 2.11 bits per heavy atom. The Hall–Kier alpha value is -3.15. The largest absolute Gasteiger partial charge is 0.454 e. The van der Waals surface area contributed by atoms with Crippen LogP contribution in [0, 0.1) is 27.7 Å². The number of carbonyl (C=O) groups excluding carboxylic acids is 3. The minimum absolute atomic E-state index is 0.303. The SMILES string of the molecule is Cc1ccc(NC(=O)COC(=O)CNC(=O)c2ccc(C)c(C)c2)cc1C. The van der Waals surface area contributed by atoms with E-state index in [1.807, 2.05) is 45.9 Å². The van der Waals surface area contributed by atoms with E-state index in [0.29, 0.717) is 11.3 Å². The van der Waals surface area contributed by atoms with Gasteiger partial charge in [-0.3, -0.25) is 14.4 Å². The van der Waals surface area contributed by atoms with Crippen LogP contribution in [-0.2, 0) is 14.3 Å². The van der Waals surface area contributed by atoms with Gasteiger partial charge in [0.25, 0.3) is 11.8 Å². The molecule has 6 nitrogen and oxygen atoms in total. The summed E-state index contributed by atoms with van der Waals surface area (Å²) >= 11 is 0. The lowest BCUT2D eigenvalue weighted by molar-refractivity contribution is -0.146. The number of hydrogen-bond acceptors (Lipinski definition) is 4. The summed E-state index contributed by atoms with van der Waals surface area (Å²) in [7, 11) is 0. The first kappa shape index (κ1) is 20.2. The minimum atomic E-state index is -0.678. The first-order chi connectivity index (χ1) is 12.8. The molecule has 0 aliphatic heterocycles. The van der Waals surface area contributed by atoms with Gasteiger partial charge in [0.15, 0.2) is 6.61 Å². The summed E-state index contributed by atoms with van der Waals surface area (Å²) in [5, 5.41) is 5.15. The molecule has 0 aromatic heterocycles. The van der Waals surface area contributed by atoms with E-state index in [-0.39, 0.29) is 12.5 Å². The fraction of sp³-hybridized carbons (Fsp3) is 0.286. The van der Waals surface area contributed by atoms with Crippen molar-refractivity contribution in [1.29, 1.82) is 0 Å². The molecule has 0 bridgehead atoms. The summed E-state index contributed by atoms with van der Waals surface area (Å²) in [5.41, 5.74) is 5.37. The number of anilines is 1. The Morgan fingerprint density at radius 2 is 1.48 bits per heavy atom. The molecule has 2 aromatic carbocycles. The Bertz CT molecular complexity index is 874. The second-order valence-corrected chi connectivity index (χ2v) is 6.49. The van der Waals surface area contributed by atoms with Crippen molar-refractivity contribution in [2.75, 3.05) is 18.5 Å². The van der Waals surface area contributed by atoms with E-state index in [1.54, 1.807) is 18.2 Å². The van der Waals surface area contributed by atoms with Crippen molar-refractivity contribution in [3.05, 3.63) is 64.2 Å². The molecule has 0 atom stereocenters. The molecule has 2 N–H and O–H groups in total. The lowest BCUT2D eigenvalue weighted by Gasteiger charge is -2.09. The van der Waals surface area contributed by atoms with E-state index in [9.17, 15) is 14.4 Å². The van der Waals surface area contributed by atoms with Gasteiger partial charge in [-0.25, -0.2) is 0 Å². The molecule has 0 saturated carbocycles. The molecule has 0 heterocycles. The number of rotatable bonds is 6. The summed E-state index contributed by atoms with van der Waals surface area (Å²) in [5.74, 6) is -1.48. The highest BCUT2D eigenvalue weighted by Crippen LogP contribution is 2.14. The van der Waals surface area contributed by atoms with Crippen LogP contribution in [0.3, 0.4) is 0 Å². The molecule has 0 unspecified atom stereocenters. The molecule has 6 heteroatoms. The van der Waals surface area contributed by atoms with Crippen LogP contribution in [-0.4, -0.2) is 30.9 Å². The van der Waals surface area contributed by atoms with Crippen molar-refractivity contribution in [3.8, 4) is 0 Å². The van der Waals surface area contributed by atoms with Crippen LogP contribution in [0.2, 0.25) is 0 Å². The zero-order chi connectivity index (χ0) is 20.0. The minimum Gasteiger partial charge on any atom is -0.454 e. The zero-order valence-electron chi connectivity index (χ0n) is 16.0. The normalized spacial score (nSPS) is 10.2. The molecule has 27 heavy (non-hydrogen) atoms. The highest BCUT2D eigenvalue weighted by atomic mass is 16.5. The van der Waals surface area contributed by atoms with Crippen LogP contribution < -0.4 is 10.6 Å². The number of nitrogens with one attached hydrogen (secondary N) is 2. The van der Waals surface area contributed by atoms with Gasteiger partial charge < -0.3 is 15.4 Å². The number of amides is 2. The van der Waals surface area contributed by atoms with Gasteiger partial charge in [0.05, 0.1) is 0 Å². The second-order valence-electron chi connectivity index (χ2n) is 6.49. The molecule has 2 rings (SSSR count). The quantitative estimate of drug-likeness (QED) is 0.768. The summed E-state index contributed by atoms with van der Waals surface area (Å²) in [6, 6.07) is 10.8. The molecule has 0 radical (unpaired) electrons. The van der Waals surface area contributed by atoms with E-state index in [4.69, 9.17) is 4.74 Å². The third kappa shape index (κ3) is 5.95. The molecule has 0 fully saturated rings. The number of esters is 1. The predicted octanol–water partition coefficient (Wildman–Crippen LogP) is 2.83. The molecule has 2 amide bonds. The molecule has 0 spiro atoms. The number of hydrogen-bond donors (Lipinski definition) is 2. The van der Waals surface area contributed by atoms with Gasteiger partial charge in [-0.2, -0.15) is 0 Å². The highest BCUT2D eigenvalue weighted by Gasteiger charge is 2.11. The van der Waals surface area contributed by atoms with Gasteiger partial charge >= 0.3 is 5.97 Å². The monoisotopic (exact) mass is 368 g/mol. The van der Waals surface area contributed by atoms with Crippen LogP contribution >= 0.6 is 0 Å². The summed E-state index contributed by atoms with van der Waals surface area (Å²) in [6.45, 7) is 7.08. The van der Waals surface area contributed by atoms with E-state index in [2.05, 4.69) is 10.6 Å². The van der Waals surface area contributed by atoms with Gasteiger partial charge in [-0.1, -0.05) is 12.1 Å². The van der Waals surface area contributed by atoms with Gasteiger partial charge in [0, 0.05) is 11.3 Å². The van der Waals surface area contributed by atoms with Gasteiger partial charge in [-0.05, 0) is 74.2 Å². The number of ether oxygens (including phenoxy) is 1. The van der Waals surface area contributed by atoms with E-state index < -0.39 is 18.5 Å². The topological polar surface area (TPSA) is 84.5 Å². The molecule has 2 aromatic rings. The van der Waals surface area contributed by atoms with Crippen molar-refractivity contribution >= 4 is 23.5 Å². The molecular formula is C21H24N2O4. The second kappa shape index (κ2) is 8.98. The van der Waals surface area contributed by atoms with E-state index in [0.717, 1.165) is 22.3 Å². The standard InChI is InChI=1S/C21H24N2O4/c1-13-5-7-17(9-15(13)3)21(26)22-11-20(25)27-12-19(24)23-18-8-6-14(2)16(4)10-18/h5-10H,11-12H2,1-4H3,(H,22,26)(H,23,24). The maximum Gasteiger partial charge on any atom is 0.325 e. The van der Waals surface area contributed by atoms with Crippen molar-refractivity contribution < 1.29 is 19.1 Å². The van der Waals surface area contributed by atoms with Crippen molar-refractivity contribution in [2.24, 2.45) is 0 Å². The average Bonchev–Trinajstić information content (AvgIpc) is 2.63. The molecule has 142 valence electrons. The van der Waals surface area contributed by atoms with Crippen LogP contribution in [0.25, 0.3) is 0 Å². The first-order valence-electron chi connectivity index (χ1n) is 8.64. The third-order valence-electron chi connectivity index (χ3n) is 4.32. The number of carbonyl (C=O) groups is 3. The highest BCUT2D eigenvalue weighted by molar-refractivity contribution is 5.96. The first-order valence-corrected chi connectivity index (χ1v) is 8.64. The van der Waals surface area contributed by atoms with Gasteiger partial charge in [0.2, 0.25) is 0 Å². The maximum atomic E-state index is 12.1. The van der Waals surface area contributed by atoms with Crippen molar-refractivity contribution in [2.45, 2.75) is 27.7 Å². The zero-order valence-corrected chi connectivity index (χ0v) is 16.0. The Kier molecular flexibility index (Phi) is 6.71. The summed E-state index contributed by atoms with van der Waals surface area (Å²) < 4.78 is 4.89. The average molecular weight is 368 g/mol. The molecule has 0 aliphatic carbocycles. The van der Waals surface area contributed by atoms with Crippen LogP contribution in [0.1, 0.15) is 32.6 Å². The summed E-state index contributed by atoms with van der Waals surface area (Å²) in [6.07, 6.45) is 0. The lowest BCUT2D eigenvalue weighted by atomic mass is 10.1. The Balaban J connectivity index is 1.76. The van der Waals surface area contributed by atoms with Crippen molar-refractivity contribution in [1.82, 2.24) is 5.32 Å². The molecule has 0 saturated heterocycles. The Morgan fingerprint density at radius 1 is 0.852 bits per heavy atom. The fourth-order valence-electron chi connectivity index (χ4n) is 2.35. The maximum absolute atomic E-state index is 12.1. The predicted molar refractivity (Wildman–Crippen MR) is 104 cm³/mol. The van der Waals surface area contributed by atoms with Crippen molar-refractivity contribution in [3.63, 3.8) is 0 Å². The molecule has 0 aliphatic rings. The number of aryl methyl sites for hydroxylation is 4. The smallest absolute Gasteiger partial charge is 0.325 e. The molecular weight excluding hydrogens is 344 g/mol.